The van der Waals surface area contributed by atoms with Gasteiger partial charge in [-0.25, -0.2) is 0 Å². The van der Waals surface area contributed by atoms with Gasteiger partial charge in [0.1, 0.15) is 13.2 Å². The summed E-state index contributed by atoms with van der Waals surface area (Å²) in [5.74, 6) is -1.09. The molecule has 0 saturated heterocycles. The summed E-state index contributed by atoms with van der Waals surface area (Å²) in [6.45, 7) is 6.38. The van der Waals surface area contributed by atoms with Crippen LogP contribution in [0.3, 0.4) is 0 Å². The van der Waals surface area contributed by atoms with E-state index < -0.39 is 6.10 Å². The minimum absolute atomic E-state index is 0.135. The van der Waals surface area contributed by atoms with Crippen LogP contribution in [0.2, 0.25) is 0 Å². The Kier molecular flexibility index (Phi) is 48.0. The quantitative estimate of drug-likeness (QED) is 0.0262. The molecule has 1 atom stereocenters. The average molecular weight is 875 g/mol. The Morgan fingerprint density at radius 2 is 0.651 bits per heavy atom. The van der Waals surface area contributed by atoms with Crippen molar-refractivity contribution in [2.75, 3.05) is 13.2 Å². The minimum Gasteiger partial charge on any atom is -0.462 e. The van der Waals surface area contributed by atoms with Crippen molar-refractivity contribution in [2.45, 2.75) is 232 Å². The first-order valence-electron chi connectivity index (χ1n) is 25.7. The van der Waals surface area contributed by atoms with Crippen molar-refractivity contribution in [2.24, 2.45) is 0 Å². The third kappa shape index (κ3) is 49.2. The van der Waals surface area contributed by atoms with Gasteiger partial charge in [-0.3, -0.25) is 14.4 Å². The van der Waals surface area contributed by atoms with Gasteiger partial charge < -0.3 is 14.2 Å². The van der Waals surface area contributed by atoms with E-state index in [1.54, 1.807) is 0 Å². The molecule has 0 aromatic carbocycles. The maximum absolute atomic E-state index is 12.8. The third-order valence-electron chi connectivity index (χ3n) is 10.6. The lowest BCUT2D eigenvalue weighted by molar-refractivity contribution is -0.166. The van der Waals surface area contributed by atoms with Gasteiger partial charge in [0, 0.05) is 19.3 Å². The Hall–Kier alpha value is -3.67. The Morgan fingerprint density at radius 3 is 1.05 bits per heavy atom. The van der Waals surface area contributed by atoms with Gasteiger partial charge in [-0.15, -0.1) is 0 Å². The van der Waals surface area contributed by atoms with Crippen LogP contribution in [-0.2, 0) is 28.6 Å². The van der Waals surface area contributed by atoms with Crippen molar-refractivity contribution >= 4 is 17.9 Å². The van der Waals surface area contributed by atoms with Crippen molar-refractivity contribution in [3.8, 4) is 0 Å². The summed E-state index contributed by atoms with van der Waals surface area (Å²) in [7, 11) is 0. The van der Waals surface area contributed by atoms with Gasteiger partial charge in [0.15, 0.2) is 6.10 Å². The molecule has 0 spiro atoms. The molecule has 6 heteroatoms. The van der Waals surface area contributed by atoms with Crippen molar-refractivity contribution in [1.82, 2.24) is 0 Å². The van der Waals surface area contributed by atoms with Gasteiger partial charge in [0.2, 0.25) is 0 Å². The highest BCUT2D eigenvalue weighted by Crippen LogP contribution is 2.13. The van der Waals surface area contributed by atoms with Crippen LogP contribution in [0.5, 0.6) is 0 Å². The second-order valence-electron chi connectivity index (χ2n) is 16.7. The largest absolute Gasteiger partial charge is 0.462 e. The summed E-state index contributed by atoms with van der Waals surface area (Å²) in [6.07, 6.45) is 67.0. The van der Waals surface area contributed by atoms with Gasteiger partial charge in [0.05, 0.1) is 0 Å². The molecule has 63 heavy (non-hydrogen) atoms. The second-order valence-corrected chi connectivity index (χ2v) is 16.7. The Morgan fingerprint density at radius 1 is 0.333 bits per heavy atom. The summed E-state index contributed by atoms with van der Waals surface area (Å²) in [6, 6.07) is 0. The Labute approximate surface area is 387 Å². The predicted molar refractivity (Wildman–Crippen MR) is 270 cm³/mol. The first-order chi connectivity index (χ1) is 31.0. The standard InChI is InChI=1S/C57H94O6/c1-4-7-10-13-16-19-22-25-27-29-32-35-38-41-44-47-50-56(59)62-53-54(52-61-55(58)49-46-43-40-37-34-31-24-21-18-15-12-9-6-3)63-57(60)51-48-45-42-39-36-33-30-28-26-23-20-17-14-11-8-5-2/h7,10,16,19,25,27-28,30-32,34-35,40-41,43-44,54H,4-6,8-9,11-15,17-18,20-24,26,29,33,36-39,42,45-53H2,1-3H3/b10-7+,19-16+,27-25+,30-28+,34-31+,35-32+,43-40+,44-41+. The van der Waals surface area contributed by atoms with Crippen LogP contribution in [0.15, 0.2) is 97.2 Å². The van der Waals surface area contributed by atoms with Gasteiger partial charge in [-0.1, -0.05) is 208 Å². The number of allylic oxidation sites excluding steroid dienone is 16. The first kappa shape index (κ1) is 59.3. The molecule has 0 aliphatic heterocycles. The third-order valence-corrected chi connectivity index (χ3v) is 10.6. The molecule has 0 aromatic heterocycles. The fraction of sp³-hybridized carbons (Fsp3) is 0.667. The molecule has 0 fully saturated rings. The van der Waals surface area contributed by atoms with Crippen molar-refractivity contribution in [1.29, 1.82) is 0 Å². The molecule has 358 valence electrons. The van der Waals surface area contributed by atoms with Gasteiger partial charge in [-0.2, -0.15) is 0 Å². The predicted octanol–water partition coefficient (Wildman–Crippen LogP) is 17.0. The van der Waals surface area contributed by atoms with Gasteiger partial charge in [0.25, 0.3) is 0 Å². The zero-order chi connectivity index (χ0) is 45.8. The molecule has 0 bridgehead atoms. The molecule has 0 radical (unpaired) electrons. The zero-order valence-corrected chi connectivity index (χ0v) is 40.8. The zero-order valence-electron chi connectivity index (χ0n) is 40.8. The summed E-state index contributed by atoms with van der Waals surface area (Å²) >= 11 is 0. The van der Waals surface area contributed by atoms with Crippen molar-refractivity contribution < 1.29 is 28.6 Å². The van der Waals surface area contributed by atoms with Gasteiger partial charge in [-0.05, 0) is 96.3 Å². The van der Waals surface area contributed by atoms with Crippen molar-refractivity contribution in [3.05, 3.63) is 97.2 Å². The van der Waals surface area contributed by atoms with E-state index in [2.05, 4.69) is 99.8 Å². The molecule has 0 heterocycles. The summed E-state index contributed by atoms with van der Waals surface area (Å²) in [5, 5.41) is 0. The van der Waals surface area contributed by atoms with Crippen LogP contribution >= 0.6 is 0 Å². The molecule has 1 unspecified atom stereocenters. The fourth-order valence-electron chi connectivity index (χ4n) is 6.71. The van der Waals surface area contributed by atoms with E-state index >= 15 is 0 Å². The highest BCUT2D eigenvalue weighted by molar-refractivity contribution is 5.71. The van der Waals surface area contributed by atoms with E-state index in [9.17, 15) is 14.4 Å². The highest BCUT2D eigenvalue weighted by Gasteiger charge is 2.19. The van der Waals surface area contributed by atoms with E-state index in [1.807, 2.05) is 18.2 Å². The molecule has 0 aromatic rings. The lowest BCUT2D eigenvalue weighted by atomic mass is 10.1. The molecule has 0 amide bonds. The summed E-state index contributed by atoms with van der Waals surface area (Å²) in [4.78, 5) is 37.9. The molecule has 0 aliphatic carbocycles. The Bertz CT molecular complexity index is 1280. The summed E-state index contributed by atoms with van der Waals surface area (Å²) < 4.78 is 16.6. The number of rotatable bonds is 45. The monoisotopic (exact) mass is 875 g/mol. The number of carbonyl (C=O) groups excluding carboxylic acids is 3. The molecule has 0 saturated carbocycles. The number of ether oxygens (including phenoxy) is 3. The maximum Gasteiger partial charge on any atom is 0.306 e. The van der Waals surface area contributed by atoms with E-state index in [-0.39, 0.29) is 44.0 Å². The maximum atomic E-state index is 12.8. The average Bonchev–Trinajstić information content (AvgIpc) is 3.28. The number of esters is 3. The topological polar surface area (TPSA) is 78.9 Å². The molecule has 6 nitrogen and oxygen atoms in total. The number of hydrogen-bond acceptors (Lipinski definition) is 6. The first-order valence-corrected chi connectivity index (χ1v) is 25.7. The van der Waals surface area contributed by atoms with Crippen LogP contribution < -0.4 is 0 Å². The number of unbranched alkanes of at least 4 members (excludes halogenated alkanes) is 18. The number of hydrogen-bond donors (Lipinski definition) is 0. The van der Waals surface area contributed by atoms with Gasteiger partial charge >= 0.3 is 17.9 Å². The smallest absolute Gasteiger partial charge is 0.306 e. The van der Waals surface area contributed by atoms with Crippen LogP contribution in [0.25, 0.3) is 0 Å². The SMILES string of the molecule is CC/C=C/C/C=C/C/C=C/C/C=C/C/C=C/CCC(=O)OCC(COC(=O)CC/C=C/C/C=C/CCCCCCCC)OC(=O)CCCCCCC/C=C/CCCCCCCCC. The van der Waals surface area contributed by atoms with Crippen LogP contribution in [0.1, 0.15) is 226 Å². The van der Waals surface area contributed by atoms with Crippen LogP contribution in [-0.4, -0.2) is 37.2 Å². The van der Waals surface area contributed by atoms with Crippen LogP contribution in [0.4, 0.5) is 0 Å². The normalized spacial score (nSPS) is 12.9. The van der Waals surface area contributed by atoms with E-state index in [1.165, 1.54) is 96.3 Å². The molecule has 0 aliphatic rings. The summed E-state index contributed by atoms with van der Waals surface area (Å²) in [5.41, 5.74) is 0. The van der Waals surface area contributed by atoms with Crippen LogP contribution in [0, 0.1) is 0 Å². The second kappa shape index (κ2) is 51.0. The highest BCUT2D eigenvalue weighted by atomic mass is 16.6. The molecular formula is C57H94O6. The van der Waals surface area contributed by atoms with Crippen molar-refractivity contribution in [3.63, 3.8) is 0 Å². The molecular weight excluding hydrogens is 781 g/mol. The van der Waals surface area contributed by atoms with E-state index in [0.29, 0.717) is 19.3 Å². The fourth-order valence-corrected chi connectivity index (χ4v) is 6.71. The van der Waals surface area contributed by atoms with E-state index in [4.69, 9.17) is 14.2 Å². The Balaban J connectivity index is 4.57. The minimum atomic E-state index is -0.834. The molecule has 0 rings (SSSR count). The number of carbonyl (C=O) groups is 3. The molecule has 0 N–H and O–H groups in total. The lowest BCUT2D eigenvalue weighted by Crippen LogP contribution is -2.30. The van der Waals surface area contributed by atoms with E-state index in [0.717, 1.165) is 77.0 Å². The lowest BCUT2D eigenvalue weighted by Gasteiger charge is -2.18.